The lowest BCUT2D eigenvalue weighted by atomic mass is 9.89. The molecule has 1 saturated carbocycles. The minimum absolute atomic E-state index is 0.0955. The van der Waals surface area contributed by atoms with Crippen LogP contribution in [-0.4, -0.2) is 52.7 Å². The van der Waals surface area contributed by atoms with E-state index < -0.39 is 5.72 Å². The summed E-state index contributed by atoms with van der Waals surface area (Å²) in [4.78, 5) is 18.0. The molecule has 1 aromatic heterocycles. The van der Waals surface area contributed by atoms with Gasteiger partial charge in [0.25, 0.3) is 0 Å². The summed E-state index contributed by atoms with van der Waals surface area (Å²) in [6.45, 7) is 2.80. The molecule has 4 rings (SSSR count). The van der Waals surface area contributed by atoms with E-state index in [9.17, 15) is 4.79 Å². The molecule has 2 fully saturated rings. The zero-order valence-electron chi connectivity index (χ0n) is 17.1. The van der Waals surface area contributed by atoms with Crippen molar-refractivity contribution in [3.8, 4) is 0 Å². The Kier molecular flexibility index (Phi) is 5.50. The van der Waals surface area contributed by atoms with E-state index in [4.69, 9.17) is 15.2 Å². The number of aliphatic imine (C=N–C) groups is 1. The van der Waals surface area contributed by atoms with Crippen molar-refractivity contribution in [2.45, 2.75) is 63.4 Å². The Bertz CT molecular complexity index is 808. The third-order valence-corrected chi connectivity index (χ3v) is 6.33. The molecule has 2 aliphatic heterocycles. The van der Waals surface area contributed by atoms with Crippen LogP contribution >= 0.6 is 0 Å². The van der Waals surface area contributed by atoms with Crippen molar-refractivity contribution in [1.82, 2.24) is 15.1 Å². The first kappa shape index (κ1) is 20.1. The third-order valence-electron chi connectivity index (χ3n) is 6.33. The van der Waals surface area contributed by atoms with Gasteiger partial charge in [-0.2, -0.15) is 10.2 Å². The fourth-order valence-electron chi connectivity index (χ4n) is 4.28. The topological polar surface area (TPSA) is 103 Å². The first-order valence-electron chi connectivity index (χ1n) is 10.2. The Hall–Kier alpha value is -2.16. The average Bonchev–Trinajstić information content (AvgIpc) is 3.50. The molecule has 8 heteroatoms. The lowest BCUT2D eigenvalue weighted by molar-refractivity contribution is -0.181. The molecule has 8 nitrogen and oxygen atoms in total. The number of ether oxygens (including phenoxy) is 2. The Labute approximate surface area is 171 Å². The third kappa shape index (κ3) is 3.84. The number of aromatic nitrogens is 2. The fraction of sp³-hybridized carbons (Fsp3) is 0.619. The van der Waals surface area contributed by atoms with Crippen molar-refractivity contribution in [3.63, 3.8) is 0 Å². The lowest BCUT2D eigenvalue weighted by Crippen LogP contribution is -2.63. The van der Waals surface area contributed by atoms with Crippen molar-refractivity contribution in [3.05, 3.63) is 36.0 Å². The fourth-order valence-corrected chi connectivity index (χ4v) is 4.28. The molecule has 3 atom stereocenters. The molecule has 1 aromatic rings. The number of carbonyl (C=O) groups is 1. The first-order valence-corrected chi connectivity index (χ1v) is 10.2. The maximum atomic E-state index is 11.6. The van der Waals surface area contributed by atoms with Gasteiger partial charge in [-0.25, -0.2) is 4.90 Å². The van der Waals surface area contributed by atoms with Gasteiger partial charge < -0.3 is 15.2 Å². The SMILES string of the molecule is COC1(N2C(N)CCCC2c2cccnn2)CC(C=O)=NC=C1OCC1(C)CC1. The predicted octanol–water partition coefficient (Wildman–Crippen LogP) is 2.33. The molecular weight excluding hydrogens is 370 g/mol. The number of piperidine rings is 1. The Morgan fingerprint density at radius 3 is 2.86 bits per heavy atom. The second-order valence-electron chi connectivity index (χ2n) is 8.57. The highest BCUT2D eigenvalue weighted by Gasteiger charge is 2.52. The van der Waals surface area contributed by atoms with Gasteiger partial charge in [0.1, 0.15) is 0 Å². The molecule has 2 N–H and O–H groups in total. The van der Waals surface area contributed by atoms with Crippen molar-refractivity contribution < 1.29 is 14.3 Å². The molecule has 3 heterocycles. The monoisotopic (exact) mass is 399 g/mol. The molecule has 1 saturated heterocycles. The molecule has 0 bridgehead atoms. The zero-order valence-corrected chi connectivity index (χ0v) is 17.1. The summed E-state index contributed by atoms with van der Waals surface area (Å²) >= 11 is 0. The van der Waals surface area contributed by atoms with Crippen LogP contribution in [0.5, 0.6) is 0 Å². The summed E-state index contributed by atoms with van der Waals surface area (Å²) in [5.41, 5.74) is 7.06. The van der Waals surface area contributed by atoms with Crippen LogP contribution in [0.2, 0.25) is 0 Å². The molecule has 3 aliphatic rings. The van der Waals surface area contributed by atoms with Crippen LogP contribution in [0.4, 0.5) is 0 Å². The van der Waals surface area contributed by atoms with E-state index in [0.717, 1.165) is 44.1 Å². The van der Waals surface area contributed by atoms with Gasteiger partial charge in [0.05, 0.1) is 36.4 Å². The number of likely N-dealkylation sites (tertiary alicyclic amines) is 1. The summed E-state index contributed by atoms with van der Waals surface area (Å²) in [7, 11) is 1.64. The van der Waals surface area contributed by atoms with Gasteiger partial charge in [-0.1, -0.05) is 6.92 Å². The second kappa shape index (κ2) is 7.93. The van der Waals surface area contributed by atoms with Crippen LogP contribution in [0.25, 0.3) is 0 Å². The normalized spacial score (nSPS) is 31.6. The largest absolute Gasteiger partial charge is 0.491 e. The molecule has 0 aromatic carbocycles. The number of methoxy groups -OCH3 is 1. The van der Waals surface area contributed by atoms with E-state index in [2.05, 4.69) is 27.0 Å². The highest BCUT2D eigenvalue weighted by atomic mass is 16.6. The minimum atomic E-state index is -1.01. The van der Waals surface area contributed by atoms with Gasteiger partial charge in [-0.05, 0) is 44.2 Å². The lowest BCUT2D eigenvalue weighted by Gasteiger charge is -2.52. The van der Waals surface area contributed by atoms with Gasteiger partial charge in [0.15, 0.2) is 17.8 Å². The van der Waals surface area contributed by atoms with Crippen molar-refractivity contribution in [2.75, 3.05) is 13.7 Å². The van der Waals surface area contributed by atoms with Crippen LogP contribution < -0.4 is 5.73 Å². The van der Waals surface area contributed by atoms with Gasteiger partial charge in [0, 0.05) is 25.1 Å². The van der Waals surface area contributed by atoms with Crippen LogP contribution in [-0.2, 0) is 14.3 Å². The molecule has 0 amide bonds. The average molecular weight is 399 g/mol. The minimum Gasteiger partial charge on any atom is -0.491 e. The van der Waals surface area contributed by atoms with E-state index in [-0.39, 0.29) is 24.0 Å². The van der Waals surface area contributed by atoms with E-state index in [0.29, 0.717) is 18.1 Å². The molecule has 156 valence electrons. The molecular formula is C21H29N5O3. The van der Waals surface area contributed by atoms with Crippen molar-refractivity contribution in [2.24, 2.45) is 16.1 Å². The van der Waals surface area contributed by atoms with E-state index >= 15 is 0 Å². The van der Waals surface area contributed by atoms with Crippen molar-refractivity contribution >= 4 is 12.0 Å². The summed E-state index contributed by atoms with van der Waals surface area (Å²) in [6.07, 6.45) is 9.02. The van der Waals surface area contributed by atoms with Crippen LogP contribution in [0.1, 0.15) is 57.2 Å². The van der Waals surface area contributed by atoms with Gasteiger partial charge in [-0.15, -0.1) is 0 Å². The number of nitrogens with two attached hydrogens (primary N) is 1. The Balaban J connectivity index is 1.73. The number of rotatable bonds is 7. The van der Waals surface area contributed by atoms with Gasteiger partial charge in [0.2, 0.25) is 0 Å². The summed E-state index contributed by atoms with van der Waals surface area (Å²) in [5.74, 6) is 0.602. The highest BCUT2D eigenvalue weighted by molar-refractivity contribution is 6.29. The Morgan fingerprint density at radius 2 is 2.21 bits per heavy atom. The number of carbonyl (C=O) groups excluding carboxylic acids is 1. The summed E-state index contributed by atoms with van der Waals surface area (Å²) in [6, 6.07) is 3.74. The zero-order chi connectivity index (χ0) is 20.5. The van der Waals surface area contributed by atoms with Gasteiger partial charge >= 0.3 is 0 Å². The summed E-state index contributed by atoms with van der Waals surface area (Å²) < 4.78 is 12.4. The molecule has 1 aliphatic carbocycles. The standard InChI is InChI=1S/C21H29N5O3/c1-20(8-9-20)14-29-18-12-23-15(13-27)11-21(18,28-2)26-17(6-3-7-19(26)22)16-5-4-10-24-25-16/h4-5,10,12-13,17,19H,3,6-9,11,14,22H2,1-2H3. The van der Waals surface area contributed by atoms with Crippen LogP contribution in [0, 0.1) is 5.41 Å². The Morgan fingerprint density at radius 1 is 1.38 bits per heavy atom. The van der Waals surface area contributed by atoms with Crippen LogP contribution in [0.3, 0.4) is 0 Å². The molecule has 0 spiro atoms. The van der Waals surface area contributed by atoms with Crippen LogP contribution in [0.15, 0.2) is 35.3 Å². The predicted molar refractivity (Wildman–Crippen MR) is 108 cm³/mol. The summed E-state index contributed by atoms with van der Waals surface area (Å²) in [5, 5.41) is 8.40. The van der Waals surface area contributed by atoms with E-state index in [1.54, 1.807) is 19.5 Å². The number of nitrogens with zero attached hydrogens (tertiary/aromatic N) is 4. The molecule has 0 radical (unpaired) electrons. The maximum Gasteiger partial charge on any atom is 0.188 e. The molecule has 3 unspecified atom stereocenters. The molecule has 29 heavy (non-hydrogen) atoms. The smallest absolute Gasteiger partial charge is 0.188 e. The first-order chi connectivity index (χ1) is 14.0. The van der Waals surface area contributed by atoms with E-state index in [1.165, 1.54) is 0 Å². The number of aldehydes is 1. The van der Waals surface area contributed by atoms with Gasteiger partial charge in [-0.3, -0.25) is 9.79 Å². The van der Waals surface area contributed by atoms with Crippen molar-refractivity contribution in [1.29, 1.82) is 0 Å². The maximum absolute atomic E-state index is 11.6. The number of hydrogen-bond donors (Lipinski definition) is 1. The van der Waals surface area contributed by atoms with E-state index in [1.807, 2.05) is 12.1 Å². The second-order valence-corrected chi connectivity index (χ2v) is 8.57. The highest BCUT2D eigenvalue weighted by Crippen LogP contribution is 2.48. The number of hydrogen-bond acceptors (Lipinski definition) is 8. The quantitative estimate of drug-likeness (QED) is 0.702.